The molecular weight excluding hydrogens is 304 g/mol. The molecule has 4 N–H and O–H groups in total. The number of carbonyl (C=O) groups is 1. The quantitative estimate of drug-likeness (QED) is 0.730. The maximum absolute atomic E-state index is 11.6. The number of carboxylic acids is 1. The third kappa shape index (κ3) is 3.34. The molecule has 1 unspecified atom stereocenters. The summed E-state index contributed by atoms with van der Waals surface area (Å²) < 4.78 is 23.2. The highest BCUT2D eigenvalue weighted by Crippen LogP contribution is 2.31. The lowest BCUT2D eigenvalue weighted by Gasteiger charge is -2.25. The number of aromatic carboxylic acids is 1. The Hall–Kier alpha value is -1.47. The Morgan fingerprint density at radius 1 is 1.45 bits per heavy atom. The van der Waals surface area contributed by atoms with E-state index in [0.29, 0.717) is 12.8 Å². The number of benzene rings is 1. The lowest BCUT2D eigenvalue weighted by Crippen LogP contribution is -2.35. The average molecular weight is 319 g/mol. The van der Waals surface area contributed by atoms with Gasteiger partial charge in [0.05, 0.1) is 27.8 Å². The van der Waals surface area contributed by atoms with Crippen molar-refractivity contribution in [2.24, 2.45) is 0 Å². The first-order valence-corrected chi connectivity index (χ1v) is 8.28. The molecule has 6 nitrogen and oxygen atoms in total. The second-order valence-corrected chi connectivity index (χ2v) is 7.46. The van der Waals surface area contributed by atoms with Crippen molar-refractivity contribution < 1.29 is 18.3 Å². The van der Waals surface area contributed by atoms with E-state index in [0.717, 1.165) is 0 Å². The highest BCUT2D eigenvalue weighted by atomic mass is 35.5. The molecular formula is C12H15ClN2O4S. The van der Waals surface area contributed by atoms with Gasteiger partial charge < -0.3 is 16.2 Å². The van der Waals surface area contributed by atoms with Gasteiger partial charge in [-0.15, -0.1) is 0 Å². The highest BCUT2D eigenvalue weighted by molar-refractivity contribution is 7.91. The van der Waals surface area contributed by atoms with E-state index in [1.54, 1.807) is 0 Å². The van der Waals surface area contributed by atoms with Crippen LogP contribution in [0.1, 0.15) is 23.2 Å². The summed E-state index contributed by atoms with van der Waals surface area (Å²) in [6, 6.07) is 2.40. The number of rotatable bonds is 3. The number of halogens is 1. The fraction of sp³-hybridized carbons (Fsp3) is 0.417. The molecule has 0 aliphatic carbocycles. The van der Waals surface area contributed by atoms with E-state index in [1.165, 1.54) is 12.1 Å². The van der Waals surface area contributed by atoms with Crippen LogP contribution in [0.15, 0.2) is 12.1 Å². The zero-order valence-corrected chi connectivity index (χ0v) is 12.2. The normalized spacial score (nSPS) is 21.4. The Bertz CT molecular complexity index is 645. The minimum atomic E-state index is -3.08. The summed E-state index contributed by atoms with van der Waals surface area (Å²) in [4.78, 5) is 11.2. The van der Waals surface area contributed by atoms with Crippen molar-refractivity contribution in [2.75, 3.05) is 22.6 Å². The molecule has 1 aromatic carbocycles. The molecule has 0 saturated carbocycles. The second kappa shape index (κ2) is 5.49. The van der Waals surface area contributed by atoms with Gasteiger partial charge in [-0.25, -0.2) is 13.2 Å². The predicted octanol–water partition coefficient (Wildman–Crippen LogP) is 1.61. The molecule has 0 radical (unpaired) electrons. The topological polar surface area (TPSA) is 109 Å². The molecule has 1 saturated heterocycles. The van der Waals surface area contributed by atoms with Crippen molar-refractivity contribution in [1.29, 1.82) is 0 Å². The van der Waals surface area contributed by atoms with Gasteiger partial charge in [0.15, 0.2) is 9.84 Å². The molecule has 8 heteroatoms. The number of sulfone groups is 1. The minimum Gasteiger partial charge on any atom is -0.478 e. The van der Waals surface area contributed by atoms with E-state index >= 15 is 0 Å². The number of carboxylic acid groups (broad SMARTS) is 1. The van der Waals surface area contributed by atoms with Crippen molar-refractivity contribution in [2.45, 2.75) is 18.9 Å². The first-order valence-electron chi connectivity index (χ1n) is 6.08. The number of nitrogens with two attached hydrogens (primary N) is 1. The predicted molar refractivity (Wildman–Crippen MR) is 78.1 cm³/mol. The maximum Gasteiger partial charge on any atom is 0.337 e. The van der Waals surface area contributed by atoms with Crippen molar-refractivity contribution in [3.63, 3.8) is 0 Å². The molecule has 0 amide bonds. The van der Waals surface area contributed by atoms with Crippen LogP contribution in [0.2, 0.25) is 5.02 Å². The number of hydrogen-bond donors (Lipinski definition) is 3. The first kappa shape index (κ1) is 14.9. The lowest BCUT2D eigenvalue weighted by molar-refractivity contribution is 0.0698. The molecule has 20 heavy (non-hydrogen) atoms. The van der Waals surface area contributed by atoms with Crippen LogP contribution in [-0.4, -0.2) is 37.0 Å². The number of nitrogens with one attached hydrogen (secondary N) is 1. The van der Waals surface area contributed by atoms with Crippen molar-refractivity contribution in [3.8, 4) is 0 Å². The van der Waals surface area contributed by atoms with Crippen molar-refractivity contribution in [3.05, 3.63) is 22.7 Å². The van der Waals surface area contributed by atoms with Gasteiger partial charge in [0.1, 0.15) is 0 Å². The lowest BCUT2D eigenvalue weighted by atomic mass is 10.1. The molecule has 0 aromatic heterocycles. The maximum atomic E-state index is 11.6. The highest BCUT2D eigenvalue weighted by Gasteiger charge is 2.26. The van der Waals surface area contributed by atoms with Crippen LogP contribution in [0.5, 0.6) is 0 Å². The summed E-state index contributed by atoms with van der Waals surface area (Å²) in [5, 5.41) is 12.3. The molecule has 2 rings (SSSR count). The van der Waals surface area contributed by atoms with Crippen LogP contribution in [-0.2, 0) is 9.84 Å². The third-order valence-corrected chi connectivity index (χ3v) is 5.27. The monoisotopic (exact) mass is 318 g/mol. The van der Waals surface area contributed by atoms with E-state index in [9.17, 15) is 18.3 Å². The summed E-state index contributed by atoms with van der Waals surface area (Å²) in [6.45, 7) is 0. The van der Waals surface area contributed by atoms with Gasteiger partial charge in [0.25, 0.3) is 0 Å². The number of nitrogen functional groups attached to an aromatic ring is 1. The summed E-state index contributed by atoms with van der Waals surface area (Å²) in [5.41, 5.74) is 5.98. The summed E-state index contributed by atoms with van der Waals surface area (Å²) in [6.07, 6.45) is 1.20. The van der Waals surface area contributed by atoms with E-state index in [2.05, 4.69) is 5.32 Å². The van der Waals surface area contributed by atoms with Gasteiger partial charge in [0.2, 0.25) is 0 Å². The molecule has 1 fully saturated rings. The Labute approximate surface area is 121 Å². The smallest absolute Gasteiger partial charge is 0.337 e. The number of hydrogen-bond acceptors (Lipinski definition) is 5. The fourth-order valence-corrected chi connectivity index (χ4v) is 4.20. The molecule has 0 bridgehead atoms. The molecule has 110 valence electrons. The molecule has 1 aromatic rings. The summed E-state index contributed by atoms with van der Waals surface area (Å²) in [7, 11) is -3.08. The largest absolute Gasteiger partial charge is 0.478 e. The van der Waals surface area contributed by atoms with E-state index < -0.39 is 15.8 Å². The van der Waals surface area contributed by atoms with Crippen LogP contribution in [0.4, 0.5) is 11.4 Å². The van der Waals surface area contributed by atoms with Crippen LogP contribution in [0, 0.1) is 0 Å². The Morgan fingerprint density at radius 3 is 2.75 bits per heavy atom. The molecule has 1 aliphatic heterocycles. The van der Waals surface area contributed by atoms with Gasteiger partial charge >= 0.3 is 5.97 Å². The van der Waals surface area contributed by atoms with Gasteiger partial charge in [-0.3, -0.25) is 0 Å². The number of anilines is 2. The fourth-order valence-electron chi connectivity index (χ4n) is 2.28. The molecule has 1 aliphatic rings. The Morgan fingerprint density at radius 2 is 2.15 bits per heavy atom. The van der Waals surface area contributed by atoms with Crippen LogP contribution in [0.25, 0.3) is 0 Å². The van der Waals surface area contributed by atoms with E-state index in [-0.39, 0.29) is 39.5 Å². The third-order valence-electron chi connectivity index (χ3n) is 3.15. The van der Waals surface area contributed by atoms with E-state index in [4.69, 9.17) is 17.3 Å². The standard InChI is InChI=1S/C12H15ClN2O4S/c13-10-5-7(14)4-9(12(16)17)11(10)15-8-2-1-3-20(18,19)6-8/h4-5,8,15H,1-3,6,14H2,(H,16,17). The zero-order chi connectivity index (χ0) is 14.9. The van der Waals surface area contributed by atoms with Crippen LogP contribution >= 0.6 is 11.6 Å². The first-order chi connectivity index (χ1) is 9.28. The molecule has 0 spiro atoms. The Balaban J connectivity index is 2.31. The van der Waals surface area contributed by atoms with Crippen molar-refractivity contribution in [1.82, 2.24) is 0 Å². The van der Waals surface area contributed by atoms with Gasteiger partial charge in [-0.05, 0) is 25.0 Å². The van der Waals surface area contributed by atoms with Crippen LogP contribution in [0.3, 0.4) is 0 Å². The zero-order valence-electron chi connectivity index (χ0n) is 10.6. The minimum absolute atomic E-state index is 0.0211. The summed E-state index contributed by atoms with van der Waals surface area (Å²) >= 11 is 6.01. The van der Waals surface area contributed by atoms with Crippen molar-refractivity contribution >= 4 is 38.8 Å². The average Bonchev–Trinajstić information content (AvgIpc) is 2.30. The molecule has 1 atom stereocenters. The molecule has 1 heterocycles. The SMILES string of the molecule is Nc1cc(Cl)c(NC2CCCS(=O)(=O)C2)c(C(=O)O)c1. The Kier molecular flexibility index (Phi) is 4.10. The van der Waals surface area contributed by atoms with Gasteiger partial charge in [-0.2, -0.15) is 0 Å². The van der Waals surface area contributed by atoms with Gasteiger partial charge in [-0.1, -0.05) is 11.6 Å². The van der Waals surface area contributed by atoms with Crippen LogP contribution < -0.4 is 11.1 Å². The second-order valence-electron chi connectivity index (χ2n) is 4.83. The van der Waals surface area contributed by atoms with E-state index in [1.807, 2.05) is 0 Å². The van der Waals surface area contributed by atoms with Gasteiger partial charge in [0, 0.05) is 11.7 Å². The summed E-state index contributed by atoms with van der Waals surface area (Å²) in [5.74, 6) is -1.01.